The fraction of sp³-hybridized carbons (Fsp3) is 0.357. The van der Waals surface area contributed by atoms with Crippen molar-refractivity contribution >= 4 is 15.9 Å². The van der Waals surface area contributed by atoms with Crippen LogP contribution < -0.4 is 5.32 Å². The van der Waals surface area contributed by atoms with Crippen molar-refractivity contribution in [1.29, 1.82) is 0 Å². The number of aliphatic hydroxyl groups excluding tert-OH is 1. The monoisotopic (exact) mass is 323 g/mol. The molecule has 0 spiro atoms. The average molecular weight is 324 g/mol. The quantitative estimate of drug-likeness (QED) is 0.858. The molecule has 2 atom stereocenters. The number of aliphatic hydroxyl groups is 1. The SMILES string of the molecule is C[C@H](NCC(O)Cn1cccn1)c1cccc(Br)c1. The number of nitrogens with zero attached hydrogens (tertiary/aromatic N) is 2. The number of nitrogens with one attached hydrogen (secondary N) is 1. The Morgan fingerprint density at radius 2 is 2.26 bits per heavy atom. The van der Waals surface area contributed by atoms with Gasteiger partial charge in [0.1, 0.15) is 0 Å². The third-order valence-electron chi connectivity index (χ3n) is 2.97. The third kappa shape index (κ3) is 4.45. The molecule has 1 aromatic heterocycles. The van der Waals surface area contributed by atoms with Crippen LogP contribution in [-0.4, -0.2) is 27.5 Å². The van der Waals surface area contributed by atoms with Crippen LogP contribution in [0.1, 0.15) is 18.5 Å². The largest absolute Gasteiger partial charge is 0.390 e. The molecule has 5 heteroatoms. The highest BCUT2D eigenvalue weighted by Gasteiger charge is 2.09. The Hall–Kier alpha value is -1.17. The van der Waals surface area contributed by atoms with Gasteiger partial charge in [-0.05, 0) is 30.7 Å². The Balaban J connectivity index is 1.81. The fourth-order valence-corrected chi connectivity index (χ4v) is 2.31. The van der Waals surface area contributed by atoms with E-state index in [0.717, 1.165) is 4.47 Å². The van der Waals surface area contributed by atoms with E-state index < -0.39 is 6.10 Å². The average Bonchev–Trinajstić information content (AvgIpc) is 2.88. The first-order valence-corrected chi connectivity index (χ1v) is 7.09. The van der Waals surface area contributed by atoms with Crippen molar-refractivity contribution in [2.24, 2.45) is 0 Å². The van der Waals surface area contributed by atoms with Crippen molar-refractivity contribution in [3.05, 3.63) is 52.8 Å². The minimum absolute atomic E-state index is 0.199. The molecule has 1 unspecified atom stereocenters. The highest BCUT2D eigenvalue weighted by Crippen LogP contribution is 2.17. The van der Waals surface area contributed by atoms with Gasteiger partial charge in [-0.15, -0.1) is 0 Å². The number of hydrogen-bond acceptors (Lipinski definition) is 3. The number of rotatable bonds is 6. The maximum Gasteiger partial charge on any atom is 0.0860 e. The Kier molecular flexibility index (Phi) is 5.13. The molecule has 1 aromatic carbocycles. The van der Waals surface area contributed by atoms with Crippen LogP contribution in [0.2, 0.25) is 0 Å². The number of hydrogen-bond donors (Lipinski definition) is 2. The van der Waals surface area contributed by atoms with Crippen LogP contribution in [0.4, 0.5) is 0 Å². The van der Waals surface area contributed by atoms with Gasteiger partial charge in [-0.25, -0.2) is 0 Å². The van der Waals surface area contributed by atoms with Crippen LogP contribution in [0.5, 0.6) is 0 Å². The summed E-state index contributed by atoms with van der Waals surface area (Å²) in [6.07, 6.45) is 3.11. The highest BCUT2D eigenvalue weighted by molar-refractivity contribution is 9.10. The van der Waals surface area contributed by atoms with Gasteiger partial charge in [0.25, 0.3) is 0 Å². The van der Waals surface area contributed by atoms with Gasteiger partial charge < -0.3 is 10.4 Å². The molecule has 0 fully saturated rings. The first-order valence-electron chi connectivity index (χ1n) is 6.29. The van der Waals surface area contributed by atoms with Gasteiger partial charge in [-0.2, -0.15) is 5.10 Å². The summed E-state index contributed by atoms with van der Waals surface area (Å²) in [5.41, 5.74) is 1.20. The Bertz CT molecular complexity index is 501. The Morgan fingerprint density at radius 1 is 1.42 bits per heavy atom. The molecule has 102 valence electrons. The third-order valence-corrected chi connectivity index (χ3v) is 3.46. The first kappa shape index (κ1) is 14.2. The van der Waals surface area contributed by atoms with E-state index in [4.69, 9.17) is 0 Å². The molecular formula is C14H18BrN3O. The zero-order valence-electron chi connectivity index (χ0n) is 10.8. The van der Waals surface area contributed by atoms with Crippen LogP contribution >= 0.6 is 15.9 Å². The van der Waals surface area contributed by atoms with E-state index in [-0.39, 0.29) is 6.04 Å². The molecule has 4 nitrogen and oxygen atoms in total. The zero-order valence-corrected chi connectivity index (χ0v) is 12.4. The first-order chi connectivity index (χ1) is 9.15. The van der Waals surface area contributed by atoms with Crippen molar-refractivity contribution in [1.82, 2.24) is 15.1 Å². The summed E-state index contributed by atoms with van der Waals surface area (Å²) in [6.45, 7) is 3.13. The fourth-order valence-electron chi connectivity index (χ4n) is 1.90. The van der Waals surface area contributed by atoms with Crippen molar-refractivity contribution in [2.45, 2.75) is 25.6 Å². The number of halogens is 1. The molecule has 2 aromatic rings. The van der Waals surface area contributed by atoms with E-state index in [2.05, 4.69) is 45.4 Å². The number of benzene rings is 1. The summed E-state index contributed by atoms with van der Waals surface area (Å²) in [7, 11) is 0. The Labute approximate surface area is 121 Å². The molecule has 0 aliphatic carbocycles. The predicted octanol–water partition coefficient (Wildman–Crippen LogP) is 2.36. The lowest BCUT2D eigenvalue weighted by Gasteiger charge is -2.17. The molecular weight excluding hydrogens is 306 g/mol. The van der Waals surface area contributed by atoms with E-state index in [1.54, 1.807) is 10.9 Å². The maximum atomic E-state index is 9.94. The van der Waals surface area contributed by atoms with E-state index in [1.165, 1.54) is 5.56 Å². The van der Waals surface area contributed by atoms with Crippen molar-refractivity contribution in [3.63, 3.8) is 0 Å². The van der Waals surface area contributed by atoms with Gasteiger partial charge >= 0.3 is 0 Å². The van der Waals surface area contributed by atoms with Crippen LogP contribution in [0.15, 0.2) is 47.2 Å². The predicted molar refractivity (Wildman–Crippen MR) is 78.8 cm³/mol. The minimum Gasteiger partial charge on any atom is -0.390 e. The van der Waals surface area contributed by atoms with Gasteiger partial charge in [0, 0.05) is 29.5 Å². The summed E-state index contributed by atoms with van der Waals surface area (Å²) in [5.74, 6) is 0. The minimum atomic E-state index is -0.450. The molecule has 0 radical (unpaired) electrons. The smallest absolute Gasteiger partial charge is 0.0860 e. The van der Waals surface area contributed by atoms with Gasteiger partial charge in [0.15, 0.2) is 0 Å². The summed E-state index contributed by atoms with van der Waals surface area (Å²) < 4.78 is 2.80. The molecule has 19 heavy (non-hydrogen) atoms. The lowest BCUT2D eigenvalue weighted by atomic mass is 10.1. The standard InChI is InChI=1S/C14H18BrN3O/c1-11(12-4-2-5-13(15)8-12)16-9-14(19)10-18-7-3-6-17-18/h2-8,11,14,16,19H,9-10H2,1H3/t11-,14?/m0/s1. The molecule has 0 bridgehead atoms. The second-order valence-electron chi connectivity index (χ2n) is 4.57. The summed E-state index contributed by atoms with van der Waals surface area (Å²) >= 11 is 3.46. The van der Waals surface area contributed by atoms with Crippen molar-refractivity contribution in [3.8, 4) is 0 Å². The van der Waals surface area contributed by atoms with E-state index in [1.807, 2.05) is 24.4 Å². The van der Waals surface area contributed by atoms with Gasteiger partial charge in [0.2, 0.25) is 0 Å². The normalized spacial score (nSPS) is 14.3. The molecule has 0 saturated carbocycles. The van der Waals surface area contributed by atoms with Crippen molar-refractivity contribution in [2.75, 3.05) is 6.54 Å². The summed E-state index contributed by atoms with van der Waals surface area (Å²) in [4.78, 5) is 0. The van der Waals surface area contributed by atoms with Gasteiger partial charge in [-0.3, -0.25) is 4.68 Å². The zero-order chi connectivity index (χ0) is 13.7. The second kappa shape index (κ2) is 6.84. The van der Waals surface area contributed by atoms with Crippen molar-refractivity contribution < 1.29 is 5.11 Å². The van der Waals surface area contributed by atoms with E-state index in [9.17, 15) is 5.11 Å². The summed E-state index contributed by atoms with van der Waals surface area (Å²) in [6, 6.07) is 10.2. The van der Waals surface area contributed by atoms with E-state index in [0.29, 0.717) is 13.1 Å². The van der Waals surface area contributed by atoms with E-state index >= 15 is 0 Å². The van der Waals surface area contributed by atoms with Crippen LogP contribution in [0.25, 0.3) is 0 Å². The highest BCUT2D eigenvalue weighted by atomic mass is 79.9. The van der Waals surface area contributed by atoms with Gasteiger partial charge in [0.05, 0.1) is 12.6 Å². The molecule has 1 heterocycles. The van der Waals surface area contributed by atoms with Gasteiger partial charge in [-0.1, -0.05) is 28.1 Å². The molecule has 0 saturated heterocycles. The van der Waals surface area contributed by atoms with Crippen LogP contribution in [0.3, 0.4) is 0 Å². The topological polar surface area (TPSA) is 50.1 Å². The van der Waals surface area contributed by atoms with Crippen LogP contribution in [-0.2, 0) is 6.54 Å². The lowest BCUT2D eigenvalue weighted by molar-refractivity contribution is 0.143. The number of aromatic nitrogens is 2. The molecule has 0 amide bonds. The molecule has 0 aliphatic heterocycles. The summed E-state index contributed by atoms with van der Waals surface area (Å²) in [5, 5.41) is 17.3. The second-order valence-corrected chi connectivity index (χ2v) is 5.48. The lowest BCUT2D eigenvalue weighted by Crippen LogP contribution is -2.32. The molecule has 2 N–H and O–H groups in total. The van der Waals surface area contributed by atoms with Crippen LogP contribution in [0, 0.1) is 0 Å². The molecule has 2 rings (SSSR count). The molecule has 0 aliphatic rings. The Morgan fingerprint density at radius 3 is 2.95 bits per heavy atom. The maximum absolute atomic E-state index is 9.94.